The van der Waals surface area contributed by atoms with Gasteiger partial charge in [-0.05, 0) is 54.1 Å². The Hall–Kier alpha value is -2.35. The van der Waals surface area contributed by atoms with Gasteiger partial charge in [-0.2, -0.15) is 13.5 Å². The molecule has 28 heavy (non-hydrogen) atoms. The molecule has 0 amide bonds. The fraction of sp³-hybridized carbons (Fsp3) is 0.0500. The summed E-state index contributed by atoms with van der Waals surface area (Å²) < 4.78 is 31.3. The summed E-state index contributed by atoms with van der Waals surface area (Å²) in [6.07, 6.45) is 1.41. The quantitative estimate of drug-likeness (QED) is 0.383. The van der Waals surface area contributed by atoms with Crippen LogP contribution in [0.15, 0.2) is 87.3 Å². The number of hydrogen-bond donors (Lipinski definition) is 1. The standard InChI is InChI=1S/C20H16BrClN2O3S/c21-17-7-5-15(6-8-17)14-27-20-4-2-1-3-16(20)13-23-24-28(25,26)19-11-9-18(22)10-12-19/h1-13,24H,14H2. The molecule has 3 rings (SSSR count). The Bertz CT molecular complexity index is 1070. The van der Waals surface area contributed by atoms with Crippen LogP contribution in [0.3, 0.4) is 0 Å². The van der Waals surface area contributed by atoms with E-state index in [-0.39, 0.29) is 4.90 Å². The monoisotopic (exact) mass is 478 g/mol. The Balaban J connectivity index is 1.68. The zero-order valence-corrected chi connectivity index (χ0v) is 17.7. The Morgan fingerprint density at radius 1 is 1.00 bits per heavy atom. The molecule has 0 unspecified atom stereocenters. The predicted molar refractivity (Wildman–Crippen MR) is 114 cm³/mol. The van der Waals surface area contributed by atoms with Crippen molar-refractivity contribution >= 4 is 43.8 Å². The first kappa shape index (κ1) is 20.4. The summed E-state index contributed by atoms with van der Waals surface area (Å²) in [5.41, 5.74) is 1.66. The molecule has 144 valence electrons. The van der Waals surface area contributed by atoms with Crippen molar-refractivity contribution in [2.24, 2.45) is 5.10 Å². The molecule has 0 aliphatic rings. The van der Waals surface area contributed by atoms with Crippen molar-refractivity contribution < 1.29 is 13.2 Å². The lowest BCUT2D eigenvalue weighted by molar-refractivity contribution is 0.306. The smallest absolute Gasteiger partial charge is 0.276 e. The number of sulfonamides is 1. The van der Waals surface area contributed by atoms with Gasteiger partial charge in [-0.3, -0.25) is 0 Å². The lowest BCUT2D eigenvalue weighted by atomic mass is 10.2. The largest absolute Gasteiger partial charge is 0.488 e. The molecule has 1 N–H and O–H groups in total. The first-order valence-corrected chi connectivity index (χ1v) is 10.9. The molecule has 3 aromatic rings. The van der Waals surface area contributed by atoms with E-state index in [1.54, 1.807) is 12.1 Å². The van der Waals surface area contributed by atoms with E-state index in [9.17, 15) is 8.42 Å². The number of benzene rings is 3. The third-order valence-electron chi connectivity index (χ3n) is 3.73. The fourth-order valence-electron chi connectivity index (χ4n) is 2.29. The first-order valence-electron chi connectivity index (χ1n) is 8.21. The van der Waals surface area contributed by atoms with E-state index in [0.717, 1.165) is 10.0 Å². The van der Waals surface area contributed by atoms with Crippen molar-refractivity contribution in [2.75, 3.05) is 0 Å². The van der Waals surface area contributed by atoms with Crippen LogP contribution in [-0.4, -0.2) is 14.6 Å². The molecule has 0 heterocycles. The topological polar surface area (TPSA) is 67.8 Å². The van der Waals surface area contributed by atoms with Crippen LogP contribution in [0.25, 0.3) is 0 Å². The molecule has 0 radical (unpaired) electrons. The van der Waals surface area contributed by atoms with Gasteiger partial charge < -0.3 is 4.74 Å². The van der Waals surface area contributed by atoms with Crippen LogP contribution >= 0.6 is 27.5 Å². The second kappa shape index (κ2) is 9.23. The van der Waals surface area contributed by atoms with Gasteiger partial charge in [-0.1, -0.05) is 51.8 Å². The summed E-state index contributed by atoms with van der Waals surface area (Å²) in [6, 6.07) is 20.9. The Morgan fingerprint density at radius 2 is 1.68 bits per heavy atom. The molecule has 0 aliphatic carbocycles. The predicted octanol–water partition coefficient (Wildman–Crippen LogP) is 4.99. The lowest BCUT2D eigenvalue weighted by Crippen LogP contribution is -2.18. The van der Waals surface area contributed by atoms with Gasteiger partial charge in [0.05, 0.1) is 11.1 Å². The molecule has 0 spiro atoms. The van der Waals surface area contributed by atoms with E-state index >= 15 is 0 Å². The third-order valence-corrected chi connectivity index (χ3v) is 5.75. The summed E-state index contributed by atoms with van der Waals surface area (Å²) in [4.78, 5) is 2.27. The van der Waals surface area contributed by atoms with Crippen LogP contribution in [0.1, 0.15) is 11.1 Å². The summed E-state index contributed by atoms with van der Waals surface area (Å²) in [5, 5.41) is 4.31. The number of hydrogen-bond acceptors (Lipinski definition) is 4. The second-order valence-corrected chi connectivity index (χ2v) is 8.77. The van der Waals surface area contributed by atoms with E-state index in [2.05, 4.69) is 25.9 Å². The molecular weight excluding hydrogens is 464 g/mol. The van der Waals surface area contributed by atoms with E-state index < -0.39 is 10.0 Å². The van der Waals surface area contributed by atoms with Crippen LogP contribution in [0.2, 0.25) is 5.02 Å². The van der Waals surface area contributed by atoms with Crippen molar-refractivity contribution in [2.45, 2.75) is 11.5 Å². The zero-order chi connectivity index (χ0) is 20.0. The number of para-hydroxylation sites is 1. The molecule has 0 saturated heterocycles. The van der Waals surface area contributed by atoms with Gasteiger partial charge in [0.1, 0.15) is 12.4 Å². The molecule has 0 bridgehead atoms. The van der Waals surface area contributed by atoms with Gasteiger partial charge in [0, 0.05) is 15.1 Å². The maximum atomic E-state index is 12.3. The van der Waals surface area contributed by atoms with Gasteiger partial charge >= 0.3 is 0 Å². The van der Waals surface area contributed by atoms with Crippen molar-refractivity contribution in [3.8, 4) is 5.75 Å². The van der Waals surface area contributed by atoms with Crippen LogP contribution in [0.4, 0.5) is 0 Å². The number of halogens is 2. The molecule has 0 aliphatic heterocycles. The van der Waals surface area contributed by atoms with Gasteiger partial charge in [-0.25, -0.2) is 4.83 Å². The van der Waals surface area contributed by atoms with Crippen LogP contribution in [-0.2, 0) is 16.6 Å². The number of nitrogens with one attached hydrogen (secondary N) is 1. The highest BCUT2D eigenvalue weighted by molar-refractivity contribution is 9.10. The second-order valence-electron chi connectivity index (χ2n) is 5.76. The van der Waals surface area contributed by atoms with Crippen molar-refractivity contribution in [1.29, 1.82) is 0 Å². The molecule has 0 saturated carbocycles. The maximum Gasteiger partial charge on any atom is 0.276 e. The van der Waals surface area contributed by atoms with Crippen molar-refractivity contribution in [3.05, 3.63) is 93.4 Å². The maximum absolute atomic E-state index is 12.3. The third kappa shape index (κ3) is 5.58. The lowest BCUT2D eigenvalue weighted by Gasteiger charge is -2.09. The molecule has 0 atom stereocenters. The molecule has 8 heteroatoms. The Labute approximate surface area is 177 Å². The molecule has 0 aromatic heterocycles. The summed E-state index contributed by atoms with van der Waals surface area (Å²) in [7, 11) is -3.77. The minimum absolute atomic E-state index is 0.0776. The number of nitrogens with zero attached hydrogens (tertiary/aromatic N) is 1. The van der Waals surface area contributed by atoms with Gasteiger partial charge in [0.25, 0.3) is 10.0 Å². The SMILES string of the molecule is O=S(=O)(NN=Cc1ccccc1OCc1ccc(Br)cc1)c1ccc(Cl)cc1. The average molecular weight is 480 g/mol. The summed E-state index contributed by atoms with van der Waals surface area (Å²) in [6.45, 7) is 0.384. The van der Waals surface area contributed by atoms with E-state index in [1.165, 1.54) is 30.5 Å². The van der Waals surface area contributed by atoms with Crippen molar-refractivity contribution in [1.82, 2.24) is 4.83 Å². The highest BCUT2D eigenvalue weighted by Gasteiger charge is 2.12. The van der Waals surface area contributed by atoms with Crippen LogP contribution in [0.5, 0.6) is 5.75 Å². The fourth-order valence-corrected chi connectivity index (χ4v) is 3.47. The summed E-state index contributed by atoms with van der Waals surface area (Å²) >= 11 is 9.18. The number of hydrazone groups is 1. The van der Waals surface area contributed by atoms with Crippen LogP contribution < -0.4 is 9.57 Å². The van der Waals surface area contributed by atoms with E-state index in [1.807, 2.05) is 36.4 Å². The highest BCUT2D eigenvalue weighted by Crippen LogP contribution is 2.19. The molecule has 5 nitrogen and oxygen atoms in total. The first-order chi connectivity index (χ1) is 13.4. The summed E-state index contributed by atoms with van der Waals surface area (Å²) in [5.74, 6) is 0.597. The van der Waals surface area contributed by atoms with Gasteiger partial charge in [-0.15, -0.1) is 0 Å². The minimum Gasteiger partial charge on any atom is -0.488 e. The normalized spacial score (nSPS) is 11.5. The van der Waals surface area contributed by atoms with Gasteiger partial charge in [0.15, 0.2) is 0 Å². The zero-order valence-electron chi connectivity index (χ0n) is 14.5. The number of rotatable bonds is 7. The van der Waals surface area contributed by atoms with Crippen molar-refractivity contribution in [3.63, 3.8) is 0 Å². The minimum atomic E-state index is -3.77. The molecule has 0 fully saturated rings. The van der Waals surface area contributed by atoms with E-state index in [4.69, 9.17) is 16.3 Å². The molecular formula is C20H16BrClN2O3S. The number of ether oxygens (including phenoxy) is 1. The van der Waals surface area contributed by atoms with Crippen LogP contribution in [0, 0.1) is 0 Å². The van der Waals surface area contributed by atoms with Gasteiger partial charge in [0.2, 0.25) is 0 Å². The Morgan fingerprint density at radius 3 is 2.39 bits per heavy atom. The average Bonchev–Trinajstić information content (AvgIpc) is 2.69. The van der Waals surface area contributed by atoms with E-state index in [0.29, 0.717) is 22.9 Å². The Kier molecular flexibility index (Phi) is 6.72. The highest BCUT2D eigenvalue weighted by atomic mass is 79.9. The molecule has 3 aromatic carbocycles.